The highest BCUT2D eigenvalue weighted by molar-refractivity contribution is 5.74. The summed E-state index contributed by atoms with van der Waals surface area (Å²) in [6.07, 6.45) is 5.46. The first-order chi connectivity index (χ1) is 9.22. The van der Waals surface area contributed by atoms with Crippen LogP contribution in [0.1, 0.15) is 32.1 Å². The molecule has 3 fully saturated rings. The molecular weight excluding hydrogens is 246 g/mol. The summed E-state index contributed by atoms with van der Waals surface area (Å²) in [5.74, 6) is -0.255. The monoisotopic (exact) mass is 269 g/mol. The van der Waals surface area contributed by atoms with Crippen molar-refractivity contribution in [3.63, 3.8) is 0 Å². The minimum Gasteiger partial charge on any atom is -0.467 e. The predicted molar refractivity (Wildman–Crippen MR) is 68.9 cm³/mol. The van der Waals surface area contributed by atoms with E-state index in [9.17, 15) is 4.79 Å². The molecule has 0 bridgehead atoms. The molecule has 2 atom stereocenters. The molecule has 3 rings (SSSR count). The lowest BCUT2D eigenvalue weighted by molar-refractivity contribution is -0.171. The summed E-state index contributed by atoms with van der Waals surface area (Å²) < 4.78 is 16.2. The second-order valence-electron chi connectivity index (χ2n) is 5.91. The maximum absolute atomic E-state index is 11.6. The summed E-state index contributed by atoms with van der Waals surface area (Å²) in [5.41, 5.74) is 0.155. The van der Waals surface area contributed by atoms with Gasteiger partial charge >= 0.3 is 5.97 Å². The molecule has 2 aliphatic heterocycles. The number of morpholine rings is 1. The van der Waals surface area contributed by atoms with E-state index < -0.39 is 6.10 Å². The van der Waals surface area contributed by atoms with Crippen LogP contribution >= 0.6 is 0 Å². The molecular formula is C14H23NO4. The smallest absolute Gasteiger partial charge is 0.336 e. The minimum absolute atomic E-state index is 0.155. The summed E-state index contributed by atoms with van der Waals surface area (Å²) in [5, 5.41) is 0. The number of carbonyl (C=O) groups is 1. The lowest BCUT2D eigenvalue weighted by Crippen LogP contribution is -2.56. The first kappa shape index (κ1) is 13.3. The molecule has 0 amide bonds. The van der Waals surface area contributed by atoms with E-state index in [1.54, 1.807) is 0 Å². The molecule has 0 aromatic rings. The molecule has 5 nitrogen and oxygen atoms in total. The van der Waals surface area contributed by atoms with Gasteiger partial charge in [-0.05, 0) is 32.1 Å². The molecule has 0 radical (unpaired) electrons. The van der Waals surface area contributed by atoms with E-state index in [2.05, 4.69) is 4.90 Å². The lowest BCUT2D eigenvalue weighted by atomic mass is 9.73. The third kappa shape index (κ3) is 2.64. The van der Waals surface area contributed by atoms with Crippen LogP contribution in [0.2, 0.25) is 0 Å². The Labute approximate surface area is 114 Å². The molecule has 108 valence electrons. The zero-order valence-corrected chi connectivity index (χ0v) is 11.6. The second kappa shape index (κ2) is 5.38. The number of hydrogen-bond acceptors (Lipinski definition) is 5. The fraction of sp³-hybridized carbons (Fsp3) is 0.929. The molecule has 19 heavy (non-hydrogen) atoms. The van der Waals surface area contributed by atoms with Crippen molar-refractivity contribution in [1.82, 2.24) is 4.90 Å². The fourth-order valence-electron chi connectivity index (χ4n) is 3.51. The van der Waals surface area contributed by atoms with Crippen LogP contribution in [-0.2, 0) is 19.0 Å². The SMILES string of the molecule is COC(=O)C1CN(C2CCOC3(CCC3)C2)CCO1. The molecule has 1 saturated carbocycles. The normalized spacial score (nSPS) is 34.8. The van der Waals surface area contributed by atoms with Crippen LogP contribution in [-0.4, -0.2) is 62.0 Å². The predicted octanol–water partition coefficient (Wildman–Crippen LogP) is 0.962. The highest BCUT2D eigenvalue weighted by Gasteiger charge is 2.44. The van der Waals surface area contributed by atoms with Gasteiger partial charge in [0.15, 0.2) is 6.10 Å². The molecule has 0 aromatic heterocycles. The third-order valence-electron chi connectivity index (χ3n) is 4.81. The number of carbonyl (C=O) groups excluding carboxylic acids is 1. The number of ether oxygens (including phenoxy) is 3. The van der Waals surface area contributed by atoms with Crippen molar-refractivity contribution in [2.45, 2.75) is 49.9 Å². The van der Waals surface area contributed by atoms with Crippen LogP contribution in [0, 0.1) is 0 Å². The molecule has 1 spiro atoms. The molecule has 2 heterocycles. The molecule has 2 saturated heterocycles. The van der Waals surface area contributed by atoms with Gasteiger partial charge in [0.25, 0.3) is 0 Å². The first-order valence-corrected chi connectivity index (χ1v) is 7.30. The van der Waals surface area contributed by atoms with E-state index in [0.29, 0.717) is 19.2 Å². The van der Waals surface area contributed by atoms with Crippen LogP contribution in [0.3, 0.4) is 0 Å². The van der Waals surface area contributed by atoms with Gasteiger partial charge in [0.1, 0.15) is 0 Å². The summed E-state index contributed by atoms with van der Waals surface area (Å²) in [6.45, 7) is 3.04. The Morgan fingerprint density at radius 2 is 2.21 bits per heavy atom. The van der Waals surface area contributed by atoms with Gasteiger partial charge in [-0.3, -0.25) is 4.90 Å². The molecule has 3 aliphatic rings. The number of methoxy groups -OCH3 is 1. The van der Waals surface area contributed by atoms with Crippen molar-refractivity contribution in [3.8, 4) is 0 Å². The Hall–Kier alpha value is -0.650. The highest BCUT2D eigenvalue weighted by Crippen LogP contribution is 2.43. The van der Waals surface area contributed by atoms with Gasteiger partial charge in [0.05, 0.1) is 19.3 Å². The zero-order valence-electron chi connectivity index (χ0n) is 11.6. The lowest BCUT2D eigenvalue weighted by Gasteiger charge is -2.50. The van der Waals surface area contributed by atoms with E-state index >= 15 is 0 Å². The topological polar surface area (TPSA) is 48.0 Å². The van der Waals surface area contributed by atoms with Crippen molar-refractivity contribution < 1.29 is 19.0 Å². The quantitative estimate of drug-likeness (QED) is 0.699. The van der Waals surface area contributed by atoms with Crippen molar-refractivity contribution in [2.24, 2.45) is 0 Å². The van der Waals surface area contributed by atoms with Gasteiger partial charge < -0.3 is 14.2 Å². The average molecular weight is 269 g/mol. The van der Waals surface area contributed by atoms with E-state index in [4.69, 9.17) is 14.2 Å². The Balaban J connectivity index is 1.60. The van der Waals surface area contributed by atoms with Crippen molar-refractivity contribution >= 4 is 5.97 Å². The molecule has 0 aromatic carbocycles. The van der Waals surface area contributed by atoms with Gasteiger partial charge in [-0.15, -0.1) is 0 Å². The van der Waals surface area contributed by atoms with E-state index in [1.807, 2.05) is 0 Å². The van der Waals surface area contributed by atoms with Crippen molar-refractivity contribution in [1.29, 1.82) is 0 Å². The molecule has 1 aliphatic carbocycles. The number of nitrogens with zero attached hydrogens (tertiary/aromatic N) is 1. The second-order valence-corrected chi connectivity index (χ2v) is 5.91. The number of esters is 1. The average Bonchev–Trinajstić information content (AvgIpc) is 2.45. The van der Waals surface area contributed by atoms with E-state index in [-0.39, 0.29) is 11.6 Å². The Morgan fingerprint density at radius 3 is 2.89 bits per heavy atom. The Morgan fingerprint density at radius 1 is 1.37 bits per heavy atom. The number of hydrogen-bond donors (Lipinski definition) is 0. The first-order valence-electron chi connectivity index (χ1n) is 7.30. The zero-order chi connectivity index (χ0) is 13.3. The molecule has 5 heteroatoms. The van der Waals surface area contributed by atoms with Gasteiger partial charge in [0, 0.05) is 25.7 Å². The van der Waals surface area contributed by atoms with Crippen LogP contribution in [0.25, 0.3) is 0 Å². The summed E-state index contributed by atoms with van der Waals surface area (Å²) in [7, 11) is 1.42. The largest absolute Gasteiger partial charge is 0.467 e. The standard InChI is InChI=1S/C14H23NO4/c1-17-13(16)12-10-15(6-8-18-12)11-3-7-19-14(9-11)4-2-5-14/h11-12H,2-10H2,1H3. The van der Waals surface area contributed by atoms with Crippen LogP contribution < -0.4 is 0 Å². The fourth-order valence-corrected chi connectivity index (χ4v) is 3.51. The summed E-state index contributed by atoms with van der Waals surface area (Å²) >= 11 is 0. The summed E-state index contributed by atoms with van der Waals surface area (Å²) in [6, 6.07) is 0.533. The maximum atomic E-state index is 11.6. The third-order valence-corrected chi connectivity index (χ3v) is 4.81. The van der Waals surface area contributed by atoms with Crippen molar-refractivity contribution in [2.75, 3.05) is 33.4 Å². The minimum atomic E-state index is -0.418. The van der Waals surface area contributed by atoms with Gasteiger partial charge in [-0.1, -0.05) is 0 Å². The Kier molecular flexibility index (Phi) is 3.78. The molecule has 2 unspecified atom stereocenters. The van der Waals surface area contributed by atoms with Crippen LogP contribution in [0.15, 0.2) is 0 Å². The van der Waals surface area contributed by atoms with E-state index in [1.165, 1.54) is 26.4 Å². The van der Waals surface area contributed by atoms with Gasteiger partial charge in [0.2, 0.25) is 0 Å². The van der Waals surface area contributed by atoms with Crippen molar-refractivity contribution in [3.05, 3.63) is 0 Å². The molecule has 0 N–H and O–H groups in total. The van der Waals surface area contributed by atoms with E-state index in [0.717, 1.165) is 26.0 Å². The van der Waals surface area contributed by atoms with Gasteiger partial charge in [-0.25, -0.2) is 4.79 Å². The number of rotatable bonds is 2. The van der Waals surface area contributed by atoms with Crippen LogP contribution in [0.5, 0.6) is 0 Å². The Bertz CT molecular complexity index is 342. The summed E-state index contributed by atoms with van der Waals surface area (Å²) in [4.78, 5) is 14.0. The highest BCUT2D eigenvalue weighted by atomic mass is 16.6. The van der Waals surface area contributed by atoms with Crippen LogP contribution in [0.4, 0.5) is 0 Å². The van der Waals surface area contributed by atoms with Gasteiger partial charge in [-0.2, -0.15) is 0 Å². The maximum Gasteiger partial charge on any atom is 0.336 e.